The molecule has 3 atom stereocenters. The van der Waals surface area contributed by atoms with Crippen LogP contribution in [-0.2, 0) is 4.74 Å². The lowest BCUT2D eigenvalue weighted by molar-refractivity contribution is -0.0284. The smallest absolute Gasteiger partial charge is 0.0593 e. The third-order valence-corrected chi connectivity index (χ3v) is 3.56. The van der Waals surface area contributed by atoms with Crippen LogP contribution >= 0.6 is 0 Å². The van der Waals surface area contributed by atoms with E-state index in [-0.39, 0.29) is 0 Å². The van der Waals surface area contributed by atoms with Crippen molar-refractivity contribution in [3.05, 3.63) is 0 Å². The lowest BCUT2D eigenvalue weighted by Gasteiger charge is -2.29. The lowest BCUT2D eigenvalue weighted by Crippen LogP contribution is -2.33. The first-order valence-corrected chi connectivity index (χ1v) is 7.13. The number of hydrogen-bond acceptors (Lipinski definition) is 2. The fourth-order valence-corrected chi connectivity index (χ4v) is 2.56. The largest absolute Gasteiger partial charge is 0.375 e. The molecule has 0 spiro atoms. The highest BCUT2D eigenvalue weighted by Gasteiger charge is 2.21. The van der Waals surface area contributed by atoms with Gasteiger partial charge >= 0.3 is 0 Å². The van der Waals surface area contributed by atoms with E-state index in [1.807, 2.05) is 0 Å². The second-order valence-corrected chi connectivity index (χ2v) is 5.34. The Hall–Kier alpha value is -0.0800. The van der Waals surface area contributed by atoms with Gasteiger partial charge in [0.05, 0.1) is 12.2 Å². The molecule has 0 aromatic carbocycles. The summed E-state index contributed by atoms with van der Waals surface area (Å²) in [6.45, 7) is 4.47. The number of ether oxygens (including phenoxy) is 1. The fraction of sp³-hybridized carbons (Fsp3) is 1.00. The molecule has 96 valence electrons. The topological polar surface area (TPSA) is 35.2 Å². The zero-order valence-corrected chi connectivity index (χ0v) is 11.1. The minimum absolute atomic E-state index is 0.381. The van der Waals surface area contributed by atoms with Crippen LogP contribution in [0.5, 0.6) is 0 Å². The van der Waals surface area contributed by atoms with Gasteiger partial charge < -0.3 is 10.5 Å². The maximum absolute atomic E-state index is 6.06. The Morgan fingerprint density at radius 2 is 2.06 bits per heavy atom. The average molecular weight is 227 g/mol. The quantitative estimate of drug-likeness (QED) is 0.674. The van der Waals surface area contributed by atoms with E-state index in [2.05, 4.69) is 13.8 Å². The molecule has 0 saturated heterocycles. The van der Waals surface area contributed by atoms with E-state index in [1.54, 1.807) is 0 Å². The Balaban J connectivity index is 2.06. The highest BCUT2D eigenvalue weighted by atomic mass is 16.5. The van der Waals surface area contributed by atoms with Crippen molar-refractivity contribution in [2.24, 2.45) is 5.73 Å². The predicted octanol–water partition coefficient (Wildman–Crippen LogP) is 3.63. The molecule has 2 N–H and O–H groups in total. The van der Waals surface area contributed by atoms with Gasteiger partial charge in [0.25, 0.3) is 0 Å². The van der Waals surface area contributed by atoms with Crippen molar-refractivity contribution in [2.45, 2.75) is 89.9 Å². The zero-order chi connectivity index (χ0) is 11.8. The van der Waals surface area contributed by atoms with Gasteiger partial charge in [-0.3, -0.25) is 0 Å². The molecule has 2 nitrogen and oxygen atoms in total. The van der Waals surface area contributed by atoms with Gasteiger partial charge in [-0.05, 0) is 39.0 Å². The van der Waals surface area contributed by atoms with E-state index in [1.165, 1.54) is 51.4 Å². The SMILES string of the molecule is CCCCCCC(C)OC1CCCC(N)C1. The number of nitrogens with two attached hydrogens (primary N) is 1. The van der Waals surface area contributed by atoms with Crippen LogP contribution in [0.15, 0.2) is 0 Å². The second kappa shape index (κ2) is 8.08. The van der Waals surface area contributed by atoms with Crippen LogP contribution in [0.3, 0.4) is 0 Å². The Kier molecular flexibility index (Phi) is 7.06. The van der Waals surface area contributed by atoms with Gasteiger partial charge in [0, 0.05) is 6.04 Å². The molecule has 0 bridgehead atoms. The van der Waals surface area contributed by atoms with Crippen molar-refractivity contribution in [1.82, 2.24) is 0 Å². The first kappa shape index (κ1) is 14.0. The van der Waals surface area contributed by atoms with E-state index in [0.29, 0.717) is 18.2 Å². The Labute approximate surface area is 101 Å². The van der Waals surface area contributed by atoms with Crippen LogP contribution in [0, 0.1) is 0 Å². The molecule has 16 heavy (non-hydrogen) atoms. The van der Waals surface area contributed by atoms with Crippen molar-refractivity contribution in [1.29, 1.82) is 0 Å². The molecule has 0 aliphatic heterocycles. The monoisotopic (exact) mass is 227 g/mol. The molecular formula is C14H29NO. The third-order valence-electron chi connectivity index (χ3n) is 3.56. The van der Waals surface area contributed by atoms with Gasteiger partial charge in [0.2, 0.25) is 0 Å². The molecular weight excluding hydrogens is 198 g/mol. The van der Waals surface area contributed by atoms with E-state index >= 15 is 0 Å². The van der Waals surface area contributed by atoms with Gasteiger partial charge in [-0.1, -0.05) is 32.6 Å². The van der Waals surface area contributed by atoms with E-state index in [9.17, 15) is 0 Å². The second-order valence-electron chi connectivity index (χ2n) is 5.34. The molecule has 0 aromatic rings. The van der Waals surface area contributed by atoms with Crippen LogP contribution in [0.25, 0.3) is 0 Å². The first-order chi connectivity index (χ1) is 7.72. The van der Waals surface area contributed by atoms with Crippen molar-refractivity contribution in [3.8, 4) is 0 Å². The highest BCUT2D eigenvalue weighted by Crippen LogP contribution is 2.22. The molecule has 1 saturated carbocycles. The van der Waals surface area contributed by atoms with Crippen LogP contribution < -0.4 is 5.73 Å². The third kappa shape index (κ3) is 5.86. The molecule has 3 unspecified atom stereocenters. The summed E-state index contributed by atoms with van der Waals surface area (Å²) in [7, 11) is 0. The molecule has 1 fully saturated rings. The van der Waals surface area contributed by atoms with Crippen LogP contribution in [-0.4, -0.2) is 18.2 Å². The van der Waals surface area contributed by atoms with Gasteiger partial charge in [0.1, 0.15) is 0 Å². The van der Waals surface area contributed by atoms with Crippen molar-refractivity contribution in [2.75, 3.05) is 0 Å². The Bertz CT molecular complexity index is 172. The van der Waals surface area contributed by atoms with Crippen molar-refractivity contribution in [3.63, 3.8) is 0 Å². The molecule has 1 aliphatic rings. The Morgan fingerprint density at radius 1 is 1.25 bits per heavy atom. The van der Waals surface area contributed by atoms with Gasteiger partial charge in [-0.15, -0.1) is 0 Å². The maximum atomic E-state index is 6.06. The molecule has 0 radical (unpaired) electrons. The summed E-state index contributed by atoms with van der Waals surface area (Å²) < 4.78 is 6.06. The summed E-state index contributed by atoms with van der Waals surface area (Å²) in [6.07, 6.45) is 12.1. The molecule has 0 heterocycles. The summed E-state index contributed by atoms with van der Waals surface area (Å²) in [4.78, 5) is 0. The number of hydrogen-bond donors (Lipinski definition) is 1. The van der Waals surface area contributed by atoms with Crippen molar-refractivity contribution >= 4 is 0 Å². The highest BCUT2D eigenvalue weighted by molar-refractivity contribution is 4.76. The van der Waals surface area contributed by atoms with Gasteiger partial charge in [-0.25, -0.2) is 0 Å². The summed E-state index contributed by atoms with van der Waals surface area (Å²) in [6, 6.07) is 0.381. The number of unbranched alkanes of at least 4 members (excludes halogenated alkanes) is 3. The van der Waals surface area contributed by atoms with Crippen LogP contribution in [0.4, 0.5) is 0 Å². The molecule has 0 aromatic heterocycles. The van der Waals surface area contributed by atoms with E-state index in [0.717, 1.165) is 6.42 Å². The molecule has 2 heteroatoms. The lowest BCUT2D eigenvalue weighted by atomic mass is 9.93. The van der Waals surface area contributed by atoms with E-state index in [4.69, 9.17) is 10.5 Å². The molecule has 1 aliphatic carbocycles. The summed E-state index contributed by atoms with van der Waals surface area (Å²) in [5, 5.41) is 0. The summed E-state index contributed by atoms with van der Waals surface area (Å²) in [5.41, 5.74) is 5.96. The van der Waals surface area contributed by atoms with Gasteiger partial charge in [0.15, 0.2) is 0 Å². The van der Waals surface area contributed by atoms with E-state index < -0.39 is 0 Å². The first-order valence-electron chi connectivity index (χ1n) is 7.13. The summed E-state index contributed by atoms with van der Waals surface area (Å²) in [5.74, 6) is 0. The minimum atomic E-state index is 0.381. The standard InChI is InChI=1S/C14H29NO/c1-3-4-5-6-8-12(2)16-14-10-7-9-13(15)11-14/h12-14H,3-11,15H2,1-2H3. The number of rotatable bonds is 7. The minimum Gasteiger partial charge on any atom is -0.375 e. The maximum Gasteiger partial charge on any atom is 0.0593 e. The normalized spacial score (nSPS) is 27.9. The molecule has 1 rings (SSSR count). The predicted molar refractivity (Wildman–Crippen MR) is 69.5 cm³/mol. The van der Waals surface area contributed by atoms with Crippen molar-refractivity contribution < 1.29 is 4.74 Å². The van der Waals surface area contributed by atoms with Crippen LogP contribution in [0.1, 0.15) is 71.6 Å². The Morgan fingerprint density at radius 3 is 2.75 bits per heavy atom. The molecule has 0 amide bonds. The average Bonchev–Trinajstić information content (AvgIpc) is 2.24. The van der Waals surface area contributed by atoms with Gasteiger partial charge in [-0.2, -0.15) is 0 Å². The fourth-order valence-electron chi connectivity index (χ4n) is 2.56. The van der Waals surface area contributed by atoms with Crippen LogP contribution in [0.2, 0.25) is 0 Å². The zero-order valence-electron chi connectivity index (χ0n) is 11.1. The summed E-state index contributed by atoms with van der Waals surface area (Å²) >= 11 is 0.